The Morgan fingerprint density at radius 3 is 1.95 bits per heavy atom. The van der Waals surface area contributed by atoms with E-state index in [1.807, 2.05) is 62.5 Å². The summed E-state index contributed by atoms with van der Waals surface area (Å²) < 4.78 is 5.77. The lowest BCUT2D eigenvalue weighted by Gasteiger charge is -2.47. The number of Topliss-reactive ketones (excluding diaryl/α,β-unsaturated/α-hetero) is 2. The fourth-order valence-electron chi connectivity index (χ4n) is 6.30. The molecule has 1 N–H and O–H groups in total. The van der Waals surface area contributed by atoms with E-state index in [4.69, 9.17) is 4.74 Å². The van der Waals surface area contributed by atoms with E-state index in [1.165, 1.54) is 0 Å². The fraction of sp³-hybridized carbons (Fsp3) is 0.424. The molecule has 1 amide bonds. The summed E-state index contributed by atoms with van der Waals surface area (Å²) >= 11 is 0. The molecular weight excluding hydrogens is 488 g/mol. The lowest BCUT2D eigenvalue weighted by atomic mass is 9.64. The fourth-order valence-corrected chi connectivity index (χ4v) is 6.30. The molecule has 0 fully saturated rings. The molecule has 0 atom stereocenters. The molecule has 1 heterocycles. The van der Waals surface area contributed by atoms with Gasteiger partial charge in [-0.25, -0.2) is 0 Å². The van der Waals surface area contributed by atoms with E-state index >= 15 is 0 Å². The van der Waals surface area contributed by atoms with Gasteiger partial charge in [0.05, 0.1) is 0 Å². The van der Waals surface area contributed by atoms with Crippen LogP contribution < -0.4 is 10.1 Å². The summed E-state index contributed by atoms with van der Waals surface area (Å²) in [5.74, 6) is 0.184. The highest BCUT2D eigenvalue weighted by Crippen LogP contribution is 2.53. The predicted molar refractivity (Wildman–Crippen MR) is 152 cm³/mol. The Morgan fingerprint density at radius 2 is 1.41 bits per heavy atom. The molecule has 6 heteroatoms. The summed E-state index contributed by atoms with van der Waals surface area (Å²) in [4.78, 5) is 41.8. The van der Waals surface area contributed by atoms with Gasteiger partial charge in [0.1, 0.15) is 5.75 Å². The zero-order chi connectivity index (χ0) is 28.1. The summed E-state index contributed by atoms with van der Waals surface area (Å²) in [6.07, 6.45) is 2.53. The monoisotopic (exact) mass is 526 g/mol. The van der Waals surface area contributed by atoms with Crippen molar-refractivity contribution < 1.29 is 19.1 Å². The van der Waals surface area contributed by atoms with Gasteiger partial charge < -0.3 is 15.0 Å². The number of carbonyl (C=O) groups is 3. The van der Waals surface area contributed by atoms with Crippen molar-refractivity contribution in [1.29, 1.82) is 0 Å². The van der Waals surface area contributed by atoms with Crippen LogP contribution in [0.5, 0.6) is 5.75 Å². The third-order valence-electron chi connectivity index (χ3n) is 8.18. The second kappa shape index (κ2) is 9.82. The predicted octanol–water partition coefficient (Wildman–Crippen LogP) is 6.33. The Kier molecular flexibility index (Phi) is 6.78. The van der Waals surface area contributed by atoms with Crippen molar-refractivity contribution in [2.75, 3.05) is 19.0 Å². The van der Waals surface area contributed by atoms with Gasteiger partial charge in [0.15, 0.2) is 18.2 Å². The molecule has 0 bridgehead atoms. The molecular formula is C33H38N2O4. The van der Waals surface area contributed by atoms with Crippen LogP contribution in [0.15, 0.2) is 71.1 Å². The standard InChI is InChI=1S/C33H38N2O4/c1-20-9-7-8-10-23(20)34-28(38)19-39-22-13-11-21(12-14-22)29-30-24(15-32(2,3)17-26(30)36)35(6)25-16-33(4,5)18-27(37)31(25)29/h7-14,29H,15-19H2,1-6H3,(H,34,38). The summed E-state index contributed by atoms with van der Waals surface area (Å²) in [5.41, 5.74) is 5.99. The second-order valence-electron chi connectivity index (χ2n) is 12.8. The molecule has 0 unspecified atom stereocenters. The number of anilines is 1. The van der Waals surface area contributed by atoms with Crippen molar-refractivity contribution in [1.82, 2.24) is 4.90 Å². The van der Waals surface area contributed by atoms with E-state index in [2.05, 4.69) is 37.9 Å². The third kappa shape index (κ3) is 5.29. The number of ether oxygens (including phenoxy) is 1. The number of amides is 1. The highest BCUT2D eigenvalue weighted by molar-refractivity contribution is 6.06. The van der Waals surface area contributed by atoms with Gasteiger partial charge in [0.25, 0.3) is 5.91 Å². The quantitative estimate of drug-likeness (QED) is 0.493. The molecule has 6 nitrogen and oxygen atoms in total. The molecule has 2 aromatic carbocycles. The number of aryl methyl sites for hydroxylation is 1. The first-order valence-electron chi connectivity index (χ1n) is 13.7. The molecule has 0 aromatic heterocycles. The molecule has 2 aliphatic carbocycles. The van der Waals surface area contributed by atoms with Crippen molar-refractivity contribution in [2.24, 2.45) is 10.8 Å². The van der Waals surface area contributed by atoms with Crippen molar-refractivity contribution in [3.05, 3.63) is 82.2 Å². The van der Waals surface area contributed by atoms with E-state index in [0.29, 0.717) is 18.6 Å². The van der Waals surface area contributed by atoms with Crippen molar-refractivity contribution in [3.63, 3.8) is 0 Å². The normalized spacial score (nSPS) is 20.5. The first-order chi connectivity index (χ1) is 18.3. The maximum absolute atomic E-state index is 13.6. The van der Waals surface area contributed by atoms with E-state index < -0.39 is 0 Å². The number of allylic oxidation sites excluding steroid dienone is 4. The SMILES string of the molecule is Cc1ccccc1NC(=O)COc1ccc(C2C3=C(CC(C)(C)CC3=O)N(C)C3=C2C(=O)CC(C)(C)C3)cc1. The lowest BCUT2D eigenvalue weighted by molar-refractivity contribution is -0.120. The van der Waals surface area contributed by atoms with Gasteiger partial charge in [-0.3, -0.25) is 14.4 Å². The Bertz CT molecular complexity index is 1360. The number of carbonyl (C=O) groups excluding carboxylic acids is 3. The van der Waals surface area contributed by atoms with Gasteiger partial charge in [0.2, 0.25) is 0 Å². The number of ketones is 2. The Morgan fingerprint density at radius 1 is 0.872 bits per heavy atom. The second-order valence-corrected chi connectivity index (χ2v) is 12.8. The Hall–Kier alpha value is -3.67. The average Bonchev–Trinajstić information content (AvgIpc) is 2.85. The van der Waals surface area contributed by atoms with Gasteiger partial charge in [-0.05, 0) is 59.9 Å². The van der Waals surface area contributed by atoms with Crippen LogP contribution in [0.4, 0.5) is 5.69 Å². The molecule has 3 aliphatic rings. The highest BCUT2D eigenvalue weighted by Gasteiger charge is 2.48. The van der Waals surface area contributed by atoms with Crippen LogP contribution in [0.25, 0.3) is 0 Å². The average molecular weight is 527 g/mol. The Balaban J connectivity index is 1.43. The van der Waals surface area contributed by atoms with Crippen LogP contribution in [-0.4, -0.2) is 36.0 Å². The number of hydrogen-bond donors (Lipinski definition) is 1. The summed E-state index contributed by atoms with van der Waals surface area (Å²) in [5, 5.41) is 2.88. The van der Waals surface area contributed by atoms with Gasteiger partial charge in [-0.15, -0.1) is 0 Å². The molecule has 0 radical (unpaired) electrons. The molecule has 39 heavy (non-hydrogen) atoms. The van der Waals surface area contributed by atoms with Crippen LogP contribution in [-0.2, 0) is 14.4 Å². The molecule has 0 saturated heterocycles. The molecule has 2 aromatic rings. The van der Waals surface area contributed by atoms with Crippen LogP contribution in [0.2, 0.25) is 0 Å². The van der Waals surface area contributed by atoms with Crippen molar-refractivity contribution in [2.45, 2.75) is 66.2 Å². The van der Waals surface area contributed by atoms with Crippen LogP contribution in [0.1, 0.15) is 70.4 Å². The van der Waals surface area contributed by atoms with E-state index in [-0.39, 0.29) is 40.8 Å². The van der Waals surface area contributed by atoms with Gasteiger partial charge in [-0.2, -0.15) is 0 Å². The summed E-state index contributed by atoms with van der Waals surface area (Å²) in [7, 11) is 2.02. The van der Waals surface area contributed by atoms with Crippen molar-refractivity contribution >= 4 is 23.2 Å². The number of nitrogens with zero attached hydrogens (tertiary/aromatic N) is 1. The largest absolute Gasteiger partial charge is 0.484 e. The molecule has 1 aliphatic heterocycles. The number of benzene rings is 2. The van der Waals surface area contributed by atoms with Crippen LogP contribution >= 0.6 is 0 Å². The minimum absolute atomic E-state index is 0.117. The molecule has 0 saturated carbocycles. The number of para-hydroxylation sites is 1. The maximum Gasteiger partial charge on any atom is 0.262 e. The molecule has 5 rings (SSSR count). The topological polar surface area (TPSA) is 75.7 Å². The van der Waals surface area contributed by atoms with Crippen LogP contribution in [0, 0.1) is 17.8 Å². The van der Waals surface area contributed by atoms with Gasteiger partial charge >= 0.3 is 0 Å². The minimum Gasteiger partial charge on any atom is -0.484 e. The number of nitrogens with one attached hydrogen (secondary N) is 1. The summed E-state index contributed by atoms with van der Waals surface area (Å²) in [6.45, 7) is 10.4. The Labute approximate surface area is 231 Å². The van der Waals surface area contributed by atoms with Crippen molar-refractivity contribution in [3.8, 4) is 5.75 Å². The molecule has 204 valence electrons. The molecule has 0 spiro atoms. The van der Waals surface area contributed by atoms with E-state index in [1.54, 1.807) is 0 Å². The van der Waals surface area contributed by atoms with Gasteiger partial charge in [-0.1, -0.05) is 58.0 Å². The first kappa shape index (κ1) is 26.9. The number of rotatable bonds is 5. The summed E-state index contributed by atoms with van der Waals surface area (Å²) in [6, 6.07) is 15.1. The van der Waals surface area contributed by atoms with Crippen LogP contribution in [0.3, 0.4) is 0 Å². The number of hydrogen-bond acceptors (Lipinski definition) is 5. The first-order valence-corrected chi connectivity index (χ1v) is 13.7. The minimum atomic E-state index is -0.378. The maximum atomic E-state index is 13.6. The van der Waals surface area contributed by atoms with E-state index in [0.717, 1.165) is 52.2 Å². The van der Waals surface area contributed by atoms with E-state index in [9.17, 15) is 14.4 Å². The highest BCUT2D eigenvalue weighted by atomic mass is 16.5. The lowest BCUT2D eigenvalue weighted by Crippen LogP contribution is -2.43. The smallest absolute Gasteiger partial charge is 0.262 e. The zero-order valence-corrected chi connectivity index (χ0v) is 23.8. The third-order valence-corrected chi connectivity index (χ3v) is 8.18. The zero-order valence-electron chi connectivity index (χ0n) is 23.8. The van der Waals surface area contributed by atoms with Gasteiger partial charge in [0, 0.05) is 54.0 Å².